The molecule has 2 N–H and O–H groups in total. The Kier molecular flexibility index (Phi) is 9.17. The zero-order valence-corrected chi connectivity index (χ0v) is 29.5. The topological polar surface area (TPSA) is 129 Å². The van der Waals surface area contributed by atoms with E-state index in [0.29, 0.717) is 51.7 Å². The number of hydrogen-bond acceptors (Lipinski definition) is 8. The van der Waals surface area contributed by atoms with E-state index in [1.807, 2.05) is 42.2 Å². The number of carbonyl (C=O) groups is 3. The predicted molar refractivity (Wildman–Crippen MR) is 198 cm³/mol. The lowest BCUT2D eigenvalue weighted by molar-refractivity contribution is 0.0985. The summed E-state index contributed by atoms with van der Waals surface area (Å²) in [5.41, 5.74) is 5.29. The number of pyridine rings is 1. The lowest BCUT2D eigenvalue weighted by Gasteiger charge is -2.29. The van der Waals surface area contributed by atoms with Gasteiger partial charge in [0.05, 0.1) is 33.3 Å². The maximum Gasteiger partial charge on any atom is 0.265 e. The van der Waals surface area contributed by atoms with Gasteiger partial charge in [0.2, 0.25) is 0 Å². The van der Waals surface area contributed by atoms with Crippen molar-refractivity contribution in [2.45, 2.75) is 20.3 Å². The van der Waals surface area contributed by atoms with E-state index in [0.717, 1.165) is 21.6 Å². The molecule has 0 saturated carbocycles. The SMILES string of the molecule is Cc1cnc(N2CCS(=O)(=O)CC2)c(C(=O)Nc2ccc(C(=O)N3CCc4cc(C(=O)Nc5c(C)cccc5F)sc4-c4ccccc43)cc2)c1. The molecule has 0 radical (unpaired) electrons. The van der Waals surface area contributed by atoms with E-state index in [2.05, 4.69) is 15.6 Å². The van der Waals surface area contributed by atoms with Crippen molar-refractivity contribution in [1.29, 1.82) is 0 Å². The van der Waals surface area contributed by atoms with E-state index in [1.165, 1.54) is 17.4 Å². The number of thiophene rings is 1. The van der Waals surface area contributed by atoms with Crippen LogP contribution in [0.15, 0.2) is 85.1 Å². The third kappa shape index (κ3) is 6.99. The van der Waals surface area contributed by atoms with Gasteiger partial charge in [-0.15, -0.1) is 11.3 Å². The molecule has 1 fully saturated rings. The molecule has 0 atom stereocenters. The molecule has 10 nitrogen and oxygen atoms in total. The van der Waals surface area contributed by atoms with E-state index in [9.17, 15) is 27.2 Å². The normalized spacial score (nSPS) is 15.0. The first-order valence-corrected chi connectivity index (χ1v) is 19.0. The zero-order chi connectivity index (χ0) is 35.9. The highest BCUT2D eigenvalue weighted by molar-refractivity contribution is 7.91. The minimum Gasteiger partial charge on any atom is -0.354 e. The number of para-hydroxylation sites is 2. The van der Waals surface area contributed by atoms with E-state index in [-0.39, 0.29) is 36.2 Å². The minimum absolute atomic E-state index is 0.00379. The average molecular weight is 724 g/mol. The molecule has 3 amide bonds. The molecular formula is C38H34FN5O5S2. The van der Waals surface area contributed by atoms with Gasteiger partial charge in [0.25, 0.3) is 17.7 Å². The monoisotopic (exact) mass is 723 g/mol. The number of nitrogens with one attached hydrogen (secondary N) is 2. The largest absolute Gasteiger partial charge is 0.354 e. The molecule has 1 saturated heterocycles. The van der Waals surface area contributed by atoms with Crippen molar-refractivity contribution in [2.24, 2.45) is 0 Å². The number of nitrogens with zero attached hydrogens (tertiary/aromatic N) is 3. The quantitative estimate of drug-likeness (QED) is 0.205. The molecule has 0 aliphatic carbocycles. The number of hydrogen-bond donors (Lipinski definition) is 2. The molecule has 0 bridgehead atoms. The summed E-state index contributed by atoms with van der Waals surface area (Å²) in [5, 5.41) is 5.62. The highest BCUT2D eigenvalue weighted by Gasteiger charge is 2.29. The summed E-state index contributed by atoms with van der Waals surface area (Å²) in [4.78, 5) is 50.0. The van der Waals surface area contributed by atoms with Crippen LogP contribution in [-0.2, 0) is 16.3 Å². The van der Waals surface area contributed by atoms with Crippen molar-refractivity contribution >= 4 is 61.8 Å². The second kappa shape index (κ2) is 13.7. The Hall–Kier alpha value is -5.40. The summed E-state index contributed by atoms with van der Waals surface area (Å²) in [7, 11) is -3.11. The number of anilines is 4. The third-order valence-corrected chi connectivity index (χ3v) is 11.9. The third-order valence-electron chi connectivity index (χ3n) is 9.06. The standard InChI is InChI=1S/C38H34FN5O5S2/c1-23-20-29(35(40-22-23)43-16-18-51(48,49)19-17-43)36(45)41-27-12-10-25(11-13-27)38(47)44-15-14-26-21-32(50-34(26)28-7-3-4-9-31(28)44)37(46)42-33-24(2)6-5-8-30(33)39/h3-13,20-22H,14-19H2,1-2H3,(H,41,45)(H,42,46). The molecule has 7 rings (SSSR count). The summed E-state index contributed by atoms with van der Waals surface area (Å²) in [6, 6.07) is 22.4. The number of fused-ring (bicyclic) bond motifs is 3. The Labute approximate surface area is 298 Å². The Bertz CT molecular complexity index is 2270. The van der Waals surface area contributed by atoms with E-state index in [4.69, 9.17) is 0 Å². The van der Waals surface area contributed by atoms with Crippen molar-refractivity contribution in [3.05, 3.63) is 124 Å². The van der Waals surface area contributed by atoms with E-state index < -0.39 is 27.5 Å². The molecule has 5 aromatic rings. The van der Waals surface area contributed by atoms with Gasteiger partial charge in [0.15, 0.2) is 9.84 Å². The summed E-state index contributed by atoms with van der Waals surface area (Å²) < 4.78 is 38.4. The summed E-state index contributed by atoms with van der Waals surface area (Å²) in [6.45, 7) is 4.45. The molecule has 2 aromatic heterocycles. The molecule has 3 aromatic carbocycles. The van der Waals surface area contributed by atoms with Gasteiger partial charge < -0.3 is 20.4 Å². The van der Waals surface area contributed by atoms with Crippen LogP contribution in [0.25, 0.3) is 10.4 Å². The van der Waals surface area contributed by atoms with Crippen molar-refractivity contribution in [3.8, 4) is 10.4 Å². The molecule has 0 unspecified atom stereocenters. The maximum atomic E-state index is 14.4. The Balaban J connectivity index is 1.08. The zero-order valence-electron chi connectivity index (χ0n) is 27.9. The summed E-state index contributed by atoms with van der Waals surface area (Å²) in [6.07, 6.45) is 2.16. The van der Waals surface area contributed by atoms with Gasteiger partial charge in [-0.3, -0.25) is 14.4 Å². The number of halogens is 1. The highest BCUT2D eigenvalue weighted by atomic mass is 32.2. The number of benzene rings is 3. The van der Waals surface area contributed by atoms with E-state index >= 15 is 0 Å². The van der Waals surface area contributed by atoms with Crippen LogP contribution < -0.4 is 20.4 Å². The van der Waals surface area contributed by atoms with Crippen LogP contribution in [0.4, 0.5) is 27.3 Å². The van der Waals surface area contributed by atoms with Crippen LogP contribution in [0, 0.1) is 19.7 Å². The highest BCUT2D eigenvalue weighted by Crippen LogP contribution is 2.42. The number of carbonyl (C=O) groups excluding carboxylic acids is 3. The van der Waals surface area contributed by atoms with Crippen LogP contribution in [-0.4, -0.2) is 62.3 Å². The minimum atomic E-state index is -3.11. The molecular weight excluding hydrogens is 690 g/mol. The molecule has 4 heterocycles. The molecule has 260 valence electrons. The van der Waals surface area contributed by atoms with Crippen molar-refractivity contribution in [3.63, 3.8) is 0 Å². The van der Waals surface area contributed by atoms with Crippen LogP contribution in [0.2, 0.25) is 0 Å². The Morgan fingerprint density at radius 1 is 0.863 bits per heavy atom. The molecule has 0 spiro atoms. The predicted octanol–water partition coefficient (Wildman–Crippen LogP) is 6.51. The van der Waals surface area contributed by atoms with Crippen LogP contribution in [0.5, 0.6) is 0 Å². The fourth-order valence-corrected chi connectivity index (χ4v) is 8.68. The molecule has 51 heavy (non-hydrogen) atoms. The van der Waals surface area contributed by atoms with E-state index in [1.54, 1.807) is 60.5 Å². The number of amides is 3. The fraction of sp³-hybridized carbons (Fsp3) is 0.211. The van der Waals surface area contributed by atoms with Crippen molar-refractivity contribution < 1.29 is 27.2 Å². The number of aromatic nitrogens is 1. The maximum absolute atomic E-state index is 14.4. The first kappa shape index (κ1) is 34.1. The van der Waals surface area contributed by atoms with Crippen LogP contribution in [0.1, 0.15) is 47.1 Å². The first-order chi connectivity index (χ1) is 24.5. The van der Waals surface area contributed by atoms with Gasteiger partial charge in [0, 0.05) is 47.5 Å². The lowest BCUT2D eigenvalue weighted by Crippen LogP contribution is -2.41. The molecule has 13 heteroatoms. The fourth-order valence-electron chi connectivity index (χ4n) is 6.34. The summed E-state index contributed by atoms with van der Waals surface area (Å²) >= 11 is 1.31. The smallest absolute Gasteiger partial charge is 0.265 e. The average Bonchev–Trinajstić information content (AvgIpc) is 3.48. The van der Waals surface area contributed by atoms with Crippen molar-refractivity contribution in [2.75, 3.05) is 51.6 Å². The summed E-state index contributed by atoms with van der Waals surface area (Å²) in [5.74, 6) is -1.06. The van der Waals surface area contributed by atoms with Gasteiger partial charge >= 0.3 is 0 Å². The van der Waals surface area contributed by atoms with Gasteiger partial charge in [0.1, 0.15) is 11.6 Å². The number of aryl methyl sites for hydroxylation is 2. The van der Waals surface area contributed by atoms with Gasteiger partial charge in [-0.1, -0.05) is 30.3 Å². The second-order valence-corrected chi connectivity index (χ2v) is 16.0. The van der Waals surface area contributed by atoms with Crippen molar-refractivity contribution in [1.82, 2.24) is 4.98 Å². The van der Waals surface area contributed by atoms with Crippen LogP contribution in [0.3, 0.4) is 0 Å². The van der Waals surface area contributed by atoms with Gasteiger partial charge in [-0.05, 0) is 85.5 Å². The number of rotatable bonds is 6. The Morgan fingerprint density at radius 2 is 1.61 bits per heavy atom. The Morgan fingerprint density at radius 3 is 2.35 bits per heavy atom. The van der Waals surface area contributed by atoms with Crippen LogP contribution >= 0.6 is 11.3 Å². The molecule has 2 aliphatic rings. The first-order valence-electron chi connectivity index (χ1n) is 16.4. The lowest BCUT2D eigenvalue weighted by atomic mass is 10.1. The van der Waals surface area contributed by atoms with Gasteiger partial charge in [-0.2, -0.15) is 0 Å². The van der Waals surface area contributed by atoms with Gasteiger partial charge in [-0.25, -0.2) is 17.8 Å². The molecule has 2 aliphatic heterocycles. The number of sulfone groups is 1. The second-order valence-electron chi connectivity index (χ2n) is 12.6.